The predicted molar refractivity (Wildman–Crippen MR) is 225 cm³/mol. The van der Waals surface area contributed by atoms with Crippen molar-refractivity contribution in [3.63, 3.8) is 0 Å². The van der Waals surface area contributed by atoms with E-state index in [-0.39, 0.29) is 26.0 Å². The molecular weight excluding hydrogens is 807 g/mol. The van der Waals surface area contributed by atoms with E-state index in [1.165, 1.54) is 4.90 Å². The van der Waals surface area contributed by atoms with Crippen LogP contribution in [0.2, 0.25) is 10.0 Å². The predicted octanol–water partition coefficient (Wildman–Crippen LogP) is 8.66. The van der Waals surface area contributed by atoms with Crippen LogP contribution in [0.1, 0.15) is 60.3 Å². The van der Waals surface area contributed by atoms with Crippen LogP contribution in [0.5, 0.6) is 11.5 Å². The number of amides is 3. The van der Waals surface area contributed by atoms with E-state index < -0.39 is 47.7 Å². The van der Waals surface area contributed by atoms with Gasteiger partial charge in [-0.05, 0) is 103 Å². The van der Waals surface area contributed by atoms with Gasteiger partial charge in [0.25, 0.3) is 5.91 Å². The number of anilines is 1. The van der Waals surface area contributed by atoms with Crippen LogP contribution in [0.25, 0.3) is 11.1 Å². The number of carbonyl (C=O) groups excluding carboxylic acids is 3. The fraction of sp³-hybridized carbons (Fsp3) is 0.239. The maximum absolute atomic E-state index is 14.0. The van der Waals surface area contributed by atoms with E-state index in [0.29, 0.717) is 55.0 Å². The van der Waals surface area contributed by atoms with E-state index in [1.54, 1.807) is 93.6 Å². The molecule has 0 saturated heterocycles. The molecule has 0 aliphatic carbocycles. The third kappa shape index (κ3) is 9.66. The quantitative estimate of drug-likeness (QED) is 0.125. The third-order valence-electron chi connectivity index (χ3n) is 10.0. The number of hydrogen-bond acceptors (Lipinski definition) is 8. The first kappa shape index (κ1) is 41.6. The zero-order chi connectivity index (χ0) is 42.7. The van der Waals surface area contributed by atoms with Crippen molar-refractivity contribution >= 4 is 52.8 Å². The van der Waals surface area contributed by atoms with Crippen LogP contribution in [-0.2, 0) is 45.1 Å². The second-order valence-electron chi connectivity index (χ2n) is 15.5. The SMILES string of the molecule is CC(C)(C)OC(=O)N1Cc2cc3c(cc2CC1C(=O)N[C@@H](Cc1ccc(-c2ccc(C#N)cc2)cc1)C(=O)O)NC(=O)[C@H](c1ccc(OCc2ccc(Cl)c(Cl)c2)cc1)O3. The van der Waals surface area contributed by atoms with Crippen LogP contribution in [0.4, 0.5) is 10.5 Å². The Bertz CT molecular complexity index is 2500. The molecule has 0 spiro atoms. The number of rotatable bonds is 10. The smallest absolute Gasteiger partial charge is 0.411 e. The Balaban J connectivity index is 1.06. The van der Waals surface area contributed by atoms with Gasteiger partial charge in [0.2, 0.25) is 12.0 Å². The number of carbonyl (C=O) groups is 4. The molecule has 14 heteroatoms. The Morgan fingerprint density at radius 2 is 1.58 bits per heavy atom. The molecule has 2 aliphatic heterocycles. The summed E-state index contributed by atoms with van der Waals surface area (Å²) in [6, 6.07) is 29.7. The molecule has 7 rings (SSSR count). The van der Waals surface area contributed by atoms with Crippen molar-refractivity contribution in [1.29, 1.82) is 5.26 Å². The topological polar surface area (TPSA) is 167 Å². The van der Waals surface area contributed by atoms with Gasteiger partial charge in [-0.15, -0.1) is 0 Å². The maximum Gasteiger partial charge on any atom is 0.411 e. The summed E-state index contributed by atoms with van der Waals surface area (Å²) in [5.41, 5.74) is 5.26. The number of aliphatic carboxylic acids is 1. The second-order valence-corrected chi connectivity index (χ2v) is 16.3. The highest BCUT2D eigenvalue weighted by Gasteiger charge is 2.40. The van der Waals surface area contributed by atoms with Crippen molar-refractivity contribution in [2.24, 2.45) is 0 Å². The van der Waals surface area contributed by atoms with Gasteiger partial charge in [-0.2, -0.15) is 5.26 Å². The molecule has 0 aromatic heterocycles. The van der Waals surface area contributed by atoms with Crippen molar-refractivity contribution < 1.29 is 38.5 Å². The molecule has 0 fully saturated rings. The summed E-state index contributed by atoms with van der Waals surface area (Å²) in [5.74, 6) is -1.37. The van der Waals surface area contributed by atoms with Gasteiger partial charge in [-0.25, -0.2) is 9.59 Å². The van der Waals surface area contributed by atoms with Crippen molar-refractivity contribution in [3.05, 3.63) is 147 Å². The Labute approximate surface area is 356 Å². The number of carboxylic acid groups (broad SMARTS) is 1. The third-order valence-corrected chi connectivity index (χ3v) is 10.8. The van der Waals surface area contributed by atoms with Gasteiger partial charge in [0, 0.05) is 18.4 Å². The molecule has 0 radical (unpaired) electrons. The van der Waals surface area contributed by atoms with Crippen molar-refractivity contribution in [1.82, 2.24) is 10.2 Å². The molecule has 0 saturated carbocycles. The van der Waals surface area contributed by atoms with Crippen molar-refractivity contribution in [2.45, 2.75) is 70.6 Å². The number of fused-ring (bicyclic) bond motifs is 2. The molecule has 12 nitrogen and oxygen atoms in total. The lowest BCUT2D eigenvalue weighted by Crippen LogP contribution is -2.56. The lowest BCUT2D eigenvalue weighted by Gasteiger charge is -2.38. The number of nitriles is 1. The van der Waals surface area contributed by atoms with Crippen LogP contribution in [0.15, 0.2) is 103 Å². The molecular formula is C46H40Cl2N4O8. The monoisotopic (exact) mass is 846 g/mol. The molecule has 1 unspecified atom stereocenters. The van der Waals surface area contributed by atoms with E-state index in [1.807, 2.05) is 30.3 Å². The zero-order valence-electron chi connectivity index (χ0n) is 32.8. The van der Waals surface area contributed by atoms with E-state index in [9.17, 15) is 24.3 Å². The normalized spacial score (nSPS) is 16.2. The number of nitrogens with zero attached hydrogens (tertiary/aromatic N) is 2. The van der Waals surface area contributed by atoms with E-state index >= 15 is 0 Å². The van der Waals surface area contributed by atoms with E-state index in [2.05, 4.69) is 16.7 Å². The van der Waals surface area contributed by atoms with E-state index in [4.69, 9.17) is 42.7 Å². The van der Waals surface area contributed by atoms with Crippen LogP contribution in [0, 0.1) is 11.3 Å². The molecule has 306 valence electrons. The van der Waals surface area contributed by atoms with Crippen molar-refractivity contribution in [2.75, 3.05) is 5.32 Å². The van der Waals surface area contributed by atoms with E-state index in [0.717, 1.165) is 16.7 Å². The minimum absolute atomic E-state index is 0.0162. The molecule has 2 aliphatic rings. The number of ether oxygens (including phenoxy) is 3. The number of benzene rings is 5. The summed E-state index contributed by atoms with van der Waals surface area (Å²) >= 11 is 12.1. The van der Waals surface area contributed by atoms with Crippen LogP contribution in [-0.4, -0.2) is 51.6 Å². The van der Waals surface area contributed by atoms with Crippen molar-refractivity contribution in [3.8, 4) is 28.7 Å². The minimum Gasteiger partial charge on any atom is -0.489 e. The lowest BCUT2D eigenvalue weighted by molar-refractivity contribution is -0.142. The van der Waals surface area contributed by atoms with Gasteiger partial charge >= 0.3 is 12.1 Å². The van der Waals surface area contributed by atoms with Gasteiger partial charge in [-0.3, -0.25) is 14.5 Å². The summed E-state index contributed by atoms with van der Waals surface area (Å²) in [6.07, 6.45) is -1.73. The van der Waals surface area contributed by atoms with Gasteiger partial charge in [-0.1, -0.05) is 77.8 Å². The van der Waals surface area contributed by atoms with Gasteiger partial charge in [0.1, 0.15) is 35.8 Å². The minimum atomic E-state index is -1.31. The summed E-state index contributed by atoms with van der Waals surface area (Å²) in [4.78, 5) is 54.9. The van der Waals surface area contributed by atoms with Crippen LogP contribution < -0.4 is 20.1 Å². The summed E-state index contributed by atoms with van der Waals surface area (Å²) in [7, 11) is 0. The standard InChI is InChI=1S/C46H40Cl2N4O8/c1-46(2,3)60-45(57)52-24-33-22-40-37(50-43(54)41(59-40)31-13-15-34(16-14-31)58-25-28-8-17-35(47)36(48)18-28)20-32(33)21-39(52)42(53)51-38(44(55)56)19-26-4-9-29(10-5-26)30-11-6-27(23-49)7-12-30/h4-18,20,22,38-39,41H,19,21,24-25H2,1-3H3,(H,50,54)(H,51,53)(H,55,56)/t38-,39?,41-/m0/s1. The molecule has 2 heterocycles. The first-order valence-electron chi connectivity index (χ1n) is 19.1. The first-order chi connectivity index (χ1) is 28.6. The van der Waals surface area contributed by atoms with Gasteiger partial charge < -0.3 is 30.0 Å². The van der Waals surface area contributed by atoms with Gasteiger partial charge in [0.15, 0.2) is 0 Å². The average molecular weight is 848 g/mol. The molecule has 5 aromatic rings. The van der Waals surface area contributed by atoms with Crippen LogP contribution >= 0.6 is 23.2 Å². The second kappa shape index (κ2) is 17.4. The molecule has 0 bridgehead atoms. The lowest BCUT2D eigenvalue weighted by atomic mass is 9.92. The van der Waals surface area contributed by atoms with Crippen LogP contribution in [0.3, 0.4) is 0 Å². The molecule has 3 atom stereocenters. The molecule has 60 heavy (non-hydrogen) atoms. The zero-order valence-corrected chi connectivity index (χ0v) is 34.3. The maximum atomic E-state index is 14.0. The highest BCUT2D eigenvalue weighted by Crippen LogP contribution is 2.40. The van der Waals surface area contributed by atoms with Gasteiger partial charge in [0.05, 0.1) is 33.9 Å². The Hall–Kier alpha value is -6.55. The highest BCUT2D eigenvalue weighted by atomic mass is 35.5. The molecule has 3 N–H and O–H groups in total. The summed E-state index contributed by atoms with van der Waals surface area (Å²) in [6.45, 7) is 5.36. The fourth-order valence-electron chi connectivity index (χ4n) is 6.97. The number of nitrogens with one attached hydrogen (secondary N) is 2. The molecule has 3 amide bonds. The largest absolute Gasteiger partial charge is 0.489 e. The number of halogens is 2. The number of hydrogen-bond donors (Lipinski definition) is 3. The number of carboxylic acids is 1. The Morgan fingerprint density at radius 3 is 2.22 bits per heavy atom. The highest BCUT2D eigenvalue weighted by molar-refractivity contribution is 6.42. The summed E-state index contributed by atoms with van der Waals surface area (Å²) in [5, 5.41) is 25.8. The average Bonchev–Trinajstić information content (AvgIpc) is 3.22. The molecule has 5 aromatic carbocycles. The summed E-state index contributed by atoms with van der Waals surface area (Å²) < 4.78 is 17.8. The Kier molecular flexibility index (Phi) is 12.0. The first-order valence-corrected chi connectivity index (χ1v) is 19.8. The fourth-order valence-corrected chi connectivity index (χ4v) is 7.29. The Morgan fingerprint density at radius 1 is 0.917 bits per heavy atom.